The van der Waals surface area contributed by atoms with Crippen LogP contribution in [0.5, 0.6) is 0 Å². The van der Waals surface area contributed by atoms with Crippen LogP contribution in [0.4, 0.5) is 0 Å². The van der Waals surface area contributed by atoms with Crippen molar-refractivity contribution in [2.24, 2.45) is 0 Å². The van der Waals surface area contributed by atoms with Crippen LogP contribution in [-0.4, -0.2) is 50.1 Å². The summed E-state index contributed by atoms with van der Waals surface area (Å²) in [6.07, 6.45) is 0. The monoisotopic (exact) mass is 361 g/mol. The van der Waals surface area contributed by atoms with E-state index in [1.165, 1.54) is 0 Å². The van der Waals surface area contributed by atoms with Crippen LogP contribution < -0.4 is 10.6 Å². The summed E-state index contributed by atoms with van der Waals surface area (Å²) in [6, 6.07) is 11.9. The molecule has 22 heavy (non-hydrogen) atoms. The van der Waals surface area contributed by atoms with E-state index in [0.29, 0.717) is 6.54 Å². The number of nitrogens with one attached hydrogen (secondary N) is 2. The van der Waals surface area contributed by atoms with Gasteiger partial charge in [0, 0.05) is 49.3 Å². The molecule has 0 aromatic heterocycles. The minimum atomic E-state index is -0.0000433. The van der Waals surface area contributed by atoms with Gasteiger partial charge in [0.15, 0.2) is 0 Å². The SMILES string of the molecule is O=C(NCCN1CCNCC1)c1ccc2cc(Br)ccc2c1. The van der Waals surface area contributed by atoms with Crippen molar-refractivity contribution < 1.29 is 4.79 Å². The van der Waals surface area contributed by atoms with Crippen molar-refractivity contribution in [3.05, 3.63) is 46.4 Å². The zero-order valence-corrected chi connectivity index (χ0v) is 14.0. The molecule has 5 heteroatoms. The van der Waals surface area contributed by atoms with Gasteiger partial charge < -0.3 is 10.6 Å². The first-order chi connectivity index (χ1) is 10.7. The number of hydrogen-bond acceptors (Lipinski definition) is 3. The highest BCUT2D eigenvalue weighted by Gasteiger charge is 2.10. The Labute approximate surface area is 139 Å². The number of piperazine rings is 1. The van der Waals surface area contributed by atoms with Crippen molar-refractivity contribution in [1.82, 2.24) is 15.5 Å². The Morgan fingerprint density at radius 1 is 1.14 bits per heavy atom. The molecule has 1 aliphatic heterocycles. The third kappa shape index (κ3) is 3.85. The quantitative estimate of drug-likeness (QED) is 0.877. The van der Waals surface area contributed by atoms with Crippen molar-refractivity contribution in [1.29, 1.82) is 0 Å². The van der Waals surface area contributed by atoms with Crippen LogP contribution in [-0.2, 0) is 0 Å². The topological polar surface area (TPSA) is 44.4 Å². The average molecular weight is 362 g/mol. The second-order valence-electron chi connectivity index (χ2n) is 5.55. The zero-order valence-electron chi connectivity index (χ0n) is 12.4. The lowest BCUT2D eigenvalue weighted by atomic mass is 10.1. The number of halogens is 1. The van der Waals surface area contributed by atoms with Crippen molar-refractivity contribution in [3.8, 4) is 0 Å². The highest BCUT2D eigenvalue weighted by molar-refractivity contribution is 9.10. The summed E-state index contributed by atoms with van der Waals surface area (Å²) < 4.78 is 1.05. The maximum absolute atomic E-state index is 12.2. The highest BCUT2D eigenvalue weighted by atomic mass is 79.9. The van der Waals surface area contributed by atoms with Gasteiger partial charge in [0.1, 0.15) is 0 Å². The molecule has 2 aromatic rings. The summed E-state index contributed by atoms with van der Waals surface area (Å²) in [7, 11) is 0. The molecule has 1 saturated heterocycles. The first-order valence-electron chi connectivity index (χ1n) is 7.63. The van der Waals surface area contributed by atoms with Gasteiger partial charge in [-0.2, -0.15) is 0 Å². The predicted molar refractivity (Wildman–Crippen MR) is 93.3 cm³/mol. The third-order valence-corrected chi connectivity index (χ3v) is 4.48. The van der Waals surface area contributed by atoms with Crippen LogP contribution in [0.2, 0.25) is 0 Å². The number of benzene rings is 2. The molecule has 4 nitrogen and oxygen atoms in total. The van der Waals surface area contributed by atoms with E-state index in [2.05, 4.69) is 37.5 Å². The van der Waals surface area contributed by atoms with Crippen LogP contribution in [0.25, 0.3) is 10.8 Å². The lowest BCUT2D eigenvalue weighted by molar-refractivity contribution is 0.0947. The molecular weight excluding hydrogens is 342 g/mol. The summed E-state index contributed by atoms with van der Waals surface area (Å²) in [6.45, 7) is 5.79. The first-order valence-corrected chi connectivity index (χ1v) is 8.42. The number of carbonyl (C=O) groups is 1. The van der Waals surface area contributed by atoms with Gasteiger partial charge in [0.05, 0.1) is 0 Å². The van der Waals surface area contributed by atoms with Crippen molar-refractivity contribution in [2.45, 2.75) is 0 Å². The second kappa shape index (κ2) is 7.22. The van der Waals surface area contributed by atoms with Gasteiger partial charge in [-0.05, 0) is 35.0 Å². The van der Waals surface area contributed by atoms with Crippen LogP contribution in [0.15, 0.2) is 40.9 Å². The molecule has 1 fully saturated rings. The number of hydrogen-bond donors (Lipinski definition) is 2. The van der Waals surface area contributed by atoms with Gasteiger partial charge in [-0.15, -0.1) is 0 Å². The van der Waals surface area contributed by atoms with E-state index in [1.807, 2.05) is 30.3 Å². The minimum Gasteiger partial charge on any atom is -0.351 e. The lowest BCUT2D eigenvalue weighted by Gasteiger charge is -2.27. The molecule has 1 amide bonds. The number of carbonyl (C=O) groups excluding carboxylic acids is 1. The number of amides is 1. The molecule has 0 saturated carbocycles. The molecule has 0 unspecified atom stereocenters. The normalized spacial score (nSPS) is 15.9. The molecule has 1 aliphatic rings. The van der Waals surface area contributed by atoms with Gasteiger partial charge in [-0.1, -0.05) is 28.1 Å². The summed E-state index contributed by atoms with van der Waals surface area (Å²) in [5.74, 6) is -0.0000433. The second-order valence-corrected chi connectivity index (χ2v) is 6.47. The summed E-state index contributed by atoms with van der Waals surface area (Å²) in [5, 5.41) is 8.55. The Kier molecular flexibility index (Phi) is 5.08. The molecule has 0 bridgehead atoms. The molecule has 116 valence electrons. The fourth-order valence-electron chi connectivity index (χ4n) is 2.72. The Morgan fingerprint density at radius 3 is 2.68 bits per heavy atom. The van der Waals surface area contributed by atoms with Gasteiger partial charge in [-0.25, -0.2) is 0 Å². The van der Waals surface area contributed by atoms with Crippen LogP contribution in [0.3, 0.4) is 0 Å². The van der Waals surface area contributed by atoms with Crippen LogP contribution >= 0.6 is 15.9 Å². The Balaban J connectivity index is 1.58. The molecule has 2 N–H and O–H groups in total. The molecule has 0 spiro atoms. The van der Waals surface area contributed by atoms with Gasteiger partial charge in [-0.3, -0.25) is 9.69 Å². The van der Waals surface area contributed by atoms with Crippen molar-refractivity contribution in [2.75, 3.05) is 39.3 Å². The smallest absolute Gasteiger partial charge is 0.251 e. The average Bonchev–Trinajstić information content (AvgIpc) is 2.55. The Hall–Kier alpha value is -1.43. The van der Waals surface area contributed by atoms with Gasteiger partial charge >= 0.3 is 0 Å². The first kappa shape index (κ1) is 15.5. The molecular formula is C17H20BrN3O. The maximum atomic E-state index is 12.2. The molecule has 0 radical (unpaired) electrons. The fraction of sp³-hybridized carbons (Fsp3) is 0.353. The van der Waals surface area contributed by atoms with E-state index in [0.717, 1.165) is 53.5 Å². The number of nitrogens with zero attached hydrogens (tertiary/aromatic N) is 1. The lowest BCUT2D eigenvalue weighted by Crippen LogP contribution is -2.46. The third-order valence-electron chi connectivity index (χ3n) is 3.99. The standard InChI is InChI=1S/C17H20BrN3O/c18-16-4-3-13-11-15(2-1-14(13)12-16)17(22)20-7-10-21-8-5-19-6-9-21/h1-4,11-12,19H,5-10H2,(H,20,22). The van der Waals surface area contributed by atoms with E-state index >= 15 is 0 Å². The number of rotatable bonds is 4. The van der Waals surface area contributed by atoms with E-state index in [9.17, 15) is 4.79 Å². The Morgan fingerprint density at radius 2 is 1.86 bits per heavy atom. The minimum absolute atomic E-state index is 0.0000433. The molecule has 0 atom stereocenters. The molecule has 2 aromatic carbocycles. The molecule has 3 rings (SSSR count). The zero-order chi connectivity index (χ0) is 15.4. The van der Waals surface area contributed by atoms with E-state index in [-0.39, 0.29) is 5.91 Å². The van der Waals surface area contributed by atoms with E-state index < -0.39 is 0 Å². The number of fused-ring (bicyclic) bond motifs is 1. The fourth-order valence-corrected chi connectivity index (χ4v) is 3.10. The van der Waals surface area contributed by atoms with Gasteiger partial charge in [0.25, 0.3) is 5.91 Å². The summed E-state index contributed by atoms with van der Waals surface area (Å²) >= 11 is 3.46. The van der Waals surface area contributed by atoms with E-state index in [1.54, 1.807) is 0 Å². The van der Waals surface area contributed by atoms with Crippen molar-refractivity contribution >= 4 is 32.6 Å². The van der Waals surface area contributed by atoms with Crippen LogP contribution in [0, 0.1) is 0 Å². The van der Waals surface area contributed by atoms with Gasteiger partial charge in [0.2, 0.25) is 0 Å². The highest BCUT2D eigenvalue weighted by Crippen LogP contribution is 2.20. The van der Waals surface area contributed by atoms with Crippen molar-refractivity contribution in [3.63, 3.8) is 0 Å². The predicted octanol–water partition coefficient (Wildman–Crippen LogP) is 2.24. The summed E-state index contributed by atoms with van der Waals surface area (Å²) in [4.78, 5) is 14.6. The van der Waals surface area contributed by atoms with Crippen LogP contribution in [0.1, 0.15) is 10.4 Å². The summed E-state index contributed by atoms with van der Waals surface area (Å²) in [5.41, 5.74) is 0.718. The Bertz CT molecular complexity index is 668. The van der Waals surface area contributed by atoms with E-state index in [4.69, 9.17) is 0 Å². The maximum Gasteiger partial charge on any atom is 0.251 e. The molecule has 1 heterocycles. The molecule has 0 aliphatic carbocycles. The largest absolute Gasteiger partial charge is 0.351 e.